The topological polar surface area (TPSA) is 80.7 Å². The normalized spacial score (nSPS) is 13.3. The van der Waals surface area contributed by atoms with E-state index in [1.165, 1.54) is 19.1 Å². The van der Waals surface area contributed by atoms with E-state index in [0.29, 0.717) is 0 Å². The fraction of sp³-hybridized carbons (Fsp3) is 0.364. The molecule has 0 spiro atoms. The Labute approximate surface area is 100 Å². The molecular formula is C11H14O5S. The summed E-state index contributed by atoms with van der Waals surface area (Å²) in [7, 11) is -3.87. The van der Waals surface area contributed by atoms with Gasteiger partial charge in [0.15, 0.2) is 0 Å². The summed E-state index contributed by atoms with van der Waals surface area (Å²) in [6, 6.07) is 6.15. The van der Waals surface area contributed by atoms with Crippen molar-refractivity contribution in [1.29, 1.82) is 0 Å². The van der Waals surface area contributed by atoms with Crippen LogP contribution in [0.1, 0.15) is 12.5 Å². The summed E-state index contributed by atoms with van der Waals surface area (Å²) >= 11 is 0. The molecule has 94 valence electrons. The molecule has 1 aromatic rings. The Bertz CT molecular complexity index is 489. The molecular weight excluding hydrogens is 244 g/mol. The molecule has 6 heteroatoms. The van der Waals surface area contributed by atoms with Crippen molar-refractivity contribution in [2.24, 2.45) is 5.92 Å². The summed E-state index contributed by atoms with van der Waals surface area (Å²) in [6.07, 6.45) is 0. The fourth-order valence-corrected chi connectivity index (χ4v) is 2.02. The highest BCUT2D eigenvalue weighted by Crippen LogP contribution is 2.14. The maximum atomic E-state index is 11.7. The first-order chi connectivity index (χ1) is 7.83. The molecule has 17 heavy (non-hydrogen) atoms. The van der Waals surface area contributed by atoms with Crippen LogP contribution in [0.2, 0.25) is 0 Å². The van der Waals surface area contributed by atoms with E-state index in [2.05, 4.69) is 4.18 Å². The van der Waals surface area contributed by atoms with Gasteiger partial charge in [-0.15, -0.1) is 0 Å². The van der Waals surface area contributed by atoms with E-state index in [1.54, 1.807) is 12.1 Å². The number of aryl methyl sites for hydroxylation is 1. The van der Waals surface area contributed by atoms with Crippen molar-refractivity contribution < 1.29 is 22.5 Å². The highest BCUT2D eigenvalue weighted by molar-refractivity contribution is 7.86. The van der Waals surface area contributed by atoms with Crippen molar-refractivity contribution in [3.63, 3.8) is 0 Å². The second-order valence-electron chi connectivity index (χ2n) is 3.79. The minimum atomic E-state index is -3.87. The fourth-order valence-electron chi connectivity index (χ4n) is 1.04. The van der Waals surface area contributed by atoms with Gasteiger partial charge in [-0.05, 0) is 26.0 Å². The average Bonchev–Trinajstić information content (AvgIpc) is 2.26. The molecule has 0 unspecified atom stereocenters. The first-order valence-electron chi connectivity index (χ1n) is 5.02. The highest BCUT2D eigenvalue weighted by atomic mass is 32.2. The van der Waals surface area contributed by atoms with Crippen molar-refractivity contribution >= 4 is 16.1 Å². The first-order valence-corrected chi connectivity index (χ1v) is 6.42. The van der Waals surface area contributed by atoms with Gasteiger partial charge in [-0.2, -0.15) is 8.42 Å². The van der Waals surface area contributed by atoms with Crippen LogP contribution in [0.25, 0.3) is 0 Å². The lowest BCUT2D eigenvalue weighted by Crippen LogP contribution is -2.19. The Morgan fingerprint density at radius 3 is 2.35 bits per heavy atom. The van der Waals surface area contributed by atoms with Crippen LogP contribution in [0.4, 0.5) is 0 Å². The van der Waals surface area contributed by atoms with Gasteiger partial charge in [0.1, 0.15) is 0 Å². The molecule has 0 heterocycles. The Balaban J connectivity index is 2.76. The maximum absolute atomic E-state index is 11.7. The van der Waals surface area contributed by atoms with Crippen molar-refractivity contribution in [3.8, 4) is 0 Å². The number of benzene rings is 1. The third-order valence-corrected chi connectivity index (χ3v) is 3.50. The molecule has 0 fully saturated rings. The zero-order chi connectivity index (χ0) is 13.1. The standard InChI is InChI=1S/C11H14O5S/c1-8-3-5-10(6-4-8)17(14,15)16-7-9(2)11(12)13/h3-6,9H,7H2,1-2H3,(H,12,13)/t9-/m0/s1. The largest absolute Gasteiger partial charge is 0.481 e. The van der Waals surface area contributed by atoms with Crippen molar-refractivity contribution in [2.75, 3.05) is 6.61 Å². The van der Waals surface area contributed by atoms with E-state index in [-0.39, 0.29) is 11.5 Å². The van der Waals surface area contributed by atoms with Crippen molar-refractivity contribution in [1.82, 2.24) is 0 Å². The predicted octanol–water partition coefficient (Wildman–Crippen LogP) is 1.42. The number of carboxylic acids is 1. The van der Waals surface area contributed by atoms with Crippen LogP contribution in [0.3, 0.4) is 0 Å². The molecule has 0 aliphatic carbocycles. The molecule has 0 aliphatic heterocycles. The van der Waals surface area contributed by atoms with Crippen LogP contribution >= 0.6 is 0 Å². The number of rotatable bonds is 5. The average molecular weight is 258 g/mol. The minimum Gasteiger partial charge on any atom is -0.481 e. The van der Waals surface area contributed by atoms with Crippen LogP contribution in [0.15, 0.2) is 29.2 Å². The summed E-state index contributed by atoms with van der Waals surface area (Å²) in [6.45, 7) is 2.85. The maximum Gasteiger partial charge on any atom is 0.308 e. The van der Waals surface area contributed by atoms with Gasteiger partial charge in [-0.1, -0.05) is 17.7 Å². The van der Waals surface area contributed by atoms with E-state index < -0.39 is 22.0 Å². The lowest BCUT2D eigenvalue weighted by molar-refractivity contribution is -0.141. The smallest absolute Gasteiger partial charge is 0.308 e. The third-order valence-electron chi connectivity index (χ3n) is 2.20. The van der Waals surface area contributed by atoms with Gasteiger partial charge in [0.25, 0.3) is 10.1 Å². The summed E-state index contributed by atoms with van der Waals surface area (Å²) in [5, 5.41) is 8.61. The van der Waals surface area contributed by atoms with Crippen LogP contribution in [0, 0.1) is 12.8 Å². The molecule has 1 atom stereocenters. The number of aliphatic carboxylic acids is 1. The van der Waals surface area contributed by atoms with Crippen LogP contribution in [-0.2, 0) is 19.1 Å². The molecule has 0 radical (unpaired) electrons. The second-order valence-corrected chi connectivity index (χ2v) is 5.41. The predicted molar refractivity (Wildman–Crippen MR) is 61.1 cm³/mol. The zero-order valence-corrected chi connectivity index (χ0v) is 10.4. The van der Waals surface area contributed by atoms with Gasteiger partial charge in [0.05, 0.1) is 17.4 Å². The number of carbonyl (C=O) groups is 1. The number of hydrogen-bond donors (Lipinski definition) is 1. The van der Waals surface area contributed by atoms with Gasteiger partial charge in [0, 0.05) is 0 Å². The minimum absolute atomic E-state index is 0.0284. The molecule has 0 aromatic heterocycles. The van der Waals surface area contributed by atoms with E-state index in [1.807, 2.05) is 6.92 Å². The molecule has 5 nitrogen and oxygen atoms in total. The monoisotopic (exact) mass is 258 g/mol. The van der Waals surface area contributed by atoms with Gasteiger partial charge in [0.2, 0.25) is 0 Å². The molecule has 1 N–H and O–H groups in total. The number of carboxylic acid groups (broad SMARTS) is 1. The summed E-state index contributed by atoms with van der Waals surface area (Å²) in [5.41, 5.74) is 0.933. The van der Waals surface area contributed by atoms with Gasteiger partial charge < -0.3 is 5.11 Å². The van der Waals surface area contributed by atoms with E-state index in [4.69, 9.17) is 5.11 Å². The molecule has 1 aromatic carbocycles. The summed E-state index contributed by atoms with van der Waals surface area (Å²) in [5.74, 6) is -1.96. The SMILES string of the molecule is Cc1ccc(S(=O)(=O)OC[C@H](C)C(=O)O)cc1. The number of hydrogen-bond acceptors (Lipinski definition) is 4. The van der Waals surface area contributed by atoms with Crippen molar-refractivity contribution in [2.45, 2.75) is 18.7 Å². The summed E-state index contributed by atoms with van der Waals surface area (Å²) in [4.78, 5) is 10.6. The van der Waals surface area contributed by atoms with Crippen LogP contribution in [0.5, 0.6) is 0 Å². The highest BCUT2D eigenvalue weighted by Gasteiger charge is 2.19. The van der Waals surface area contributed by atoms with Gasteiger partial charge in [-0.3, -0.25) is 8.98 Å². The summed E-state index contributed by atoms with van der Waals surface area (Å²) < 4.78 is 28.0. The van der Waals surface area contributed by atoms with Crippen molar-refractivity contribution in [3.05, 3.63) is 29.8 Å². The first kappa shape index (κ1) is 13.7. The third kappa shape index (κ3) is 3.83. The Hall–Kier alpha value is -1.40. The Morgan fingerprint density at radius 2 is 1.88 bits per heavy atom. The van der Waals surface area contributed by atoms with E-state index in [0.717, 1.165) is 5.56 Å². The Kier molecular flexibility index (Phi) is 4.25. The molecule has 0 aliphatic rings. The van der Waals surface area contributed by atoms with E-state index >= 15 is 0 Å². The molecule has 0 saturated heterocycles. The lowest BCUT2D eigenvalue weighted by Gasteiger charge is -2.08. The van der Waals surface area contributed by atoms with Crippen LogP contribution in [-0.4, -0.2) is 26.1 Å². The lowest BCUT2D eigenvalue weighted by atomic mass is 10.2. The van der Waals surface area contributed by atoms with Gasteiger partial charge >= 0.3 is 5.97 Å². The van der Waals surface area contributed by atoms with Gasteiger partial charge in [-0.25, -0.2) is 0 Å². The van der Waals surface area contributed by atoms with E-state index in [9.17, 15) is 13.2 Å². The molecule has 0 amide bonds. The Morgan fingerprint density at radius 1 is 1.35 bits per heavy atom. The molecule has 1 rings (SSSR count). The molecule has 0 saturated carbocycles. The molecule has 0 bridgehead atoms. The quantitative estimate of drug-likeness (QED) is 0.808. The zero-order valence-electron chi connectivity index (χ0n) is 9.58. The van der Waals surface area contributed by atoms with Crippen LogP contribution < -0.4 is 0 Å². The second kappa shape index (κ2) is 5.29.